The third-order valence-corrected chi connectivity index (χ3v) is 6.80. The van der Waals surface area contributed by atoms with E-state index < -0.39 is 38.9 Å². The molecule has 2 N–H and O–H groups in total. The van der Waals surface area contributed by atoms with Gasteiger partial charge in [0.2, 0.25) is 10.0 Å². The van der Waals surface area contributed by atoms with Gasteiger partial charge in [0.15, 0.2) is 11.5 Å². The molecule has 3 unspecified atom stereocenters. The van der Waals surface area contributed by atoms with E-state index in [-0.39, 0.29) is 17.8 Å². The van der Waals surface area contributed by atoms with E-state index in [1.165, 1.54) is 6.07 Å². The molecule has 7 nitrogen and oxygen atoms in total. The fourth-order valence-electron chi connectivity index (χ4n) is 4.01. The molecule has 0 radical (unpaired) electrons. The Morgan fingerprint density at radius 2 is 1.90 bits per heavy atom. The van der Waals surface area contributed by atoms with E-state index in [0.29, 0.717) is 11.8 Å². The van der Waals surface area contributed by atoms with Gasteiger partial charge >= 0.3 is 12.1 Å². The highest BCUT2D eigenvalue weighted by Gasteiger charge is 2.41. The number of hydrogen-bond donors (Lipinski definition) is 2. The van der Waals surface area contributed by atoms with Crippen molar-refractivity contribution in [2.75, 3.05) is 0 Å². The van der Waals surface area contributed by atoms with Crippen LogP contribution in [0.2, 0.25) is 0 Å². The van der Waals surface area contributed by atoms with Crippen LogP contribution in [-0.4, -0.2) is 31.8 Å². The first-order valence-electron chi connectivity index (χ1n) is 9.45. The van der Waals surface area contributed by atoms with Gasteiger partial charge in [-0.1, -0.05) is 24.3 Å². The van der Waals surface area contributed by atoms with Crippen LogP contribution < -0.4 is 14.2 Å². The monoisotopic (exact) mass is 457 g/mol. The van der Waals surface area contributed by atoms with E-state index in [9.17, 15) is 31.5 Å². The second-order valence-corrected chi connectivity index (χ2v) is 9.00. The van der Waals surface area contributed by atoms with Crippen molar-refractivity contribution in [1.29, 1.82) is 0 Å². The zero-order valence-corrected chi connectivity index (χ0v) is 16.7. The highest BCUT2D eigenvalue weighted by atomic mass is 32.2. The van der Waals surface area contributed by atoms with E-state index in [0.717, 1.165) is 43.0 Å². The molecule has 0 spiro atoms. The molecular weight excluding hydrogens is 439 g/mol. The van der Waals surface area contributed by atoms with E-state index >= 15 is 0 Å². The van der Waals surface area contributed by atoms with Crippen LogP contribution in [0.5, 0.6) is 11.5 Å². The molecule has 0 amide bonds. The Kier molecular flexibility index (Phi) is 5.34. The van der Waals surface area contributed by atoms with Crippen LogP contribution in [0.25, 0.3) is 0 Å². The highest BCUT2D eigenvalue weighted by Crippen LogP contribution is 2.50. The Bertz CT molecular complexity index is 1120. The van der Waals surface area contributed by atoms with E-state index in [4.69, 9.17) is 9.47 Å². The zero-order chi connectivity index (χ0) is 22.4. The Morgan fingerprint density at radius 1 is 1.16 bits per heavy atom. The maximum atomic E-state index is 13.2. The van der Waals surface area contributed by atoms with Crippen LogP contribution in [0.4, 0.5) is 13.2 Å². The molecule has 2 aromatic rings. The number of rotatable bonds is 6. The lowest BCUT2D eigenvalue weighted by Gasteiger charge is -2.20. The quantitative estimate of drug-likeness (QED) is 0.644. The zero-order valence-electron chi connectivity index (χ0n) is 15.9. The lowest BCUT2D eigenvalue weighted by Crippen LogP contribution is -2.45. The third-order valence-electron chi connectivity index (χ3n) is 5.34. The molecule has 4 rings (SSSR count). The average Bonchev–Trinajstić information content (AvgIpc) is 3.29. The first kappa shape index (κ1) is 21.4. The van der Waals surface area contributed by atoms with E-state index in [2.05, 4.69) is 0 Å². The number of carbonyl (C=O) groups is 1. The van der Waals surface area contributed by atoms with Crippen molar-refractivity contribution in [1.82, 2.24) is 4.72 Å². The van der Waals surface area contributed by atoms with Gasteiger partial charge in [0.1, 0.15) is 6.10 Å². The number of carboxylic acid groups (broad SMARTS) is 1. The second-order valence-electron chi connectivity index (χ2n) is 7.32. The lowest BCUT2D eigenvalue weighted by atomic mass is 9.97. The summed E-state index contributed by atoms with van der Waals surface area (Å²) < 4.78 is 77.9. The molecule has 3 atom stereocenters. The minimum atomic E-state index is -4.95. The third kappa shape index (κ3) is 4.07. The van der Waals surface area contributed by atoms with Crippen LogP contribution in [0.15, 0.2) is 47.4 Å². The summed E-state index contributed by atoms with van der Waals surface area (Å²) in [5.74, 6) is -1.23. The Hall–Kier alpha value is -2.79. The second kappa shape index (κ2) is 7.72. The van der Waals surface area contributed by atoms with E-state index in [1.807, 2.05) is 6.07 Å². The van der Waals surface area contributed by atoms with Crippen LogP contribution in [0, 0.1) is 0 Å². The molecule has 0 bridgehead atoms. The van der Waals surface area contributed by atoms with Gasteiger partial charge in [-0.15, -0.1) is 0 Å². The number of nitrogens with one attached hydrogen (secondary N) is 1. The molecule has 11 heteroatoms. The van der Waals surface area contributed by atoms with Crippen LogP contribution in [-0.2, 0) is 21.0 Å². The van der Waals surface area contributed by atoms with Crippen molar-refractivity contribution in [2.45, 2.75) is 48.6 Å². The van der Waals surface area contributed by atoms with Crippen molar-refractivity contribution in [2.24, 2.45) is 0 Å². The fourth-order valence-corrected chi connectivity index (χ4v) is 5.30. The molecule has 31 heavy (non-hydrogen) atoms. The average molecular weight is 457 g/mol. The van der Waals surface area contributed by atoms with Crippen molar-refractivity contribution in [3.05, 3.63) is 53.6 Å². The fraction of sp³-hybridized carbons (Fsp3) is 0.350. The number of alkyl halides is 3. The van der Waals surface area contributed by atoms with Gasteiger partial charge in [-0.05, 0) is 37.5 Å². The standard InChI is InChI=1S/C20H18F3NO6S/c21-20(22,23)13-7-1-2-10-16(13)31(27,28)24-18(19(25)26)30-15-9-4-6-12-11-5-3-8-14(11)29-17(12)15/h1-2,4,6-7,9-11,14,18,24H,3,5,8H2,(H,25,26). The number of fused-ring (bicyclic) bond motifs is 3. The number of aliphatic carboxylic acids is 1. The summed E-state index contributed by atoms with van der Waals surface area (Å²) >= 11 is 0. The van der Waals surface area contributed by atoms with Gasteiger partial charge < -0.3 is 14.6 Å². The number of ether oxygens (including phenoxy) is 2. The number of halogens is 3. The minimum Gasteiger partial charge on any atom is -0.486 e. The highest BCUT2D eigenvalue weighted by molar-refractivity contribution is 7.89. The maximum Gasteiger partial charge on any atom is 0.417 e. The van der Waals surface area contributed by atoms with Gasteiger partial charge in [0.25, 0.3) is 6.23 Å². The van der Waals surface area contributed by atoms with Crippen molar-refractivity contribution in [3.63, 3.8) is 0 Å². The summed E-state index contributed by atoms with van der Waals surface area (Å²) in [5, 5.41) is 9.47. The van der Waals surface area contributed by atoms with Crippen LogP contribution in [0.3, 0.4) is 0 Å². The molecule has 0 saturated heterocycles. The molecule has 1 aliphatic carbocycles. The minimum absolute atomic E-state index is 0.00565. The molecule has 2 aliphatic rings. The smallest absolute Gasteiger partial charge is 0.417 e. The van der Waals surface area contributed by atoms with Gasteiger partial charge in [0.05, 0.1) is 10.5 Å². The molecular formula is C20H18F3NO6S. The predicted octanol–water partition coefficient (Wildman–Crippen LogP) is 3.50. The largest absolute Gasteiger partial charge is 0.486 e. The molecule has 1 heterocycles. The lowest BCUT2D eigenvalue weighted by molar-refractivity contribution is -0.145. The summed E-state index contributed by atoms with van der Waals surface area (Å²) in [6.07, 6.45) is -4.43. The summed E-state index contributed by atoms with van der Waals surface area (Å²) in [7, 11) is -4.88. The van der Waals surface area contributed by atoms with Crippen molar-refractivity contribution >= 4 is 16.0 Å². The molecule has 1 fully saturated rings. The molecule has 1 aliphatic heterocycles. The molecule has 2 aromatic carbocycles. The normalized spacial score (nSPS) is 21.1. The van der Waals surface area contributed by atoms with Crippen molar-refractivity contribution in [3.8, 4) is 11.5 Å². The van der Waals surface area contributed by atoms with Gasteiger partial charge in [-0.25, -0.2) is 13.2 Å². The van der Waals surface area contributed by atoms with Crippen LogP contribution in [0.1, 0.15) is 36.3 Å². The number of benzene rings is 2. The number of para-hydroxylation sites is 1. The van der Waals surface area contributed by atoms with Gasteiger partial charge in [0, 0.05) is 11.5 Å². The SMILES string of the molecule is O=C(O)C(NS(=O)(=O)c1ccccc1C(F)(F)F)Oc1cccc2c1OC1CCCC21. The molecule has 1 saturated carbocycles. The summed E-state index contributed by atoms with van der Waals surface area (Å²) in [6, 6.07) is 8.37. The predicted molar refractivity (Wildman–Crippen MR) is 101 cm³/mol. The maximum absolute atomic E-state index is 13.2. The summed E-state index contributed by atoms with van der Waals surface area (Å²) in [5.41, 5.74) is -0.571. The molecule has 166 valence electrons. The first-order valence-corrected chi connectivity index (χ1v) is 10.9. The first-order chi connectivity index (χ1) is 14.6. The van der Waals surface area contributed by atoms with Gasteiger partial charge in [-0.3, -0.25) is 0 Å². The molecule has 0 aromatic heterocycles. The Labute approximate surface area is 175 Å². The summed E-state index contributed by atoms with van der Waals surface area (Å²) in [4.78, 5) is 10.6. The van der Waals surface area contributed by atoms with Gasteiger partial charge in [-0.2, -0.15) is 17.9 Å². The van der Waals surface area contributed by atoms with E-state index in [1.54, 1.807) is 10.8 Å². The topological polar surface area (TPSA) is 102 Å². The number of carboxylic acids is 1. The Balaban J connectivity index is 1.63. The summed E-state index contributed by atoms with van der Waals surface area (Å²) in [6.45, 7) is 0. The Morgan fingerprint density at radius 3 is 2.61 bits per heavy atom. The number of sulfonamides is 1. The van der Waals surface area contributed by atoms with Crippen LogP contribution >= 0.6 is 0 Å². The number of hydrogen-bond acceptors (Lipinski definition) is 5. The van der Waals surface area contributed by atoms with Crippen molar-refractivity contribution < 1.29 is 41.0 Å².